The molecule has 1 aromatic carbocycles. The van der Waals surface area contributed by atoms with Crippen LogP contribution in [0.5, 0.6) is 5.75 Å². The van der Waals surface area contributed by atoms with Gasteiger partial charge in [0.1, 0.15) is 11.4 Å². The zero-order valence-electron chi connectivity index (χ0n) is 14.6. The first kappa shape index (κ1) is 17.2. The number of pyridine rings is 1. The molecule has 0 aliphatic carbocycles. The van der Waals surface area contributed by atoms with E-state index in [1.807, 2.05) is 50.2 Å². The van der Waals surface area contributed by atoms with Crippen molar-refractivity contribution < 1.29 is 14.3 Å². The summed E-state index contributed by atoms with van der Waals surface area (Å²) in [6, 6.07) is 11.1. The maximum atomic E-state index is 12.6. The van der Waals surface area contributed by atoms with E-state index in [2.05, 4.69) is 15.2 Å². The highest BCUT2D eigenvalue weighted by Gasteiger charge is 2.15. The van der Waals surface area contributed by atoms with Crippen LogP contribution in [0, 0.1) is 0 Å². The number of nitrogens with one attached hydrogen (secondary N) is 1. The van der Waals surface area contributed by atoms with Crippen molar-refractivity contribution in [3.63, 3.8) is 0 Å². The van der Waals surface area contributed by atoms with Crippen LogP contribution in [-0.4, -0.2) is 43.3 Å². The Morgan fingerprint density at radius 2 is 2.00 bits per heavy atom. The van der Waals surface area contributed by atoms with E-state index in [1.54, 1.807) is 6.20 Å². The maximum absolute atomic E-state index is 12.6. The largest absolute Gasteiger partial charge is 0.489 e. The molecule has 6 nitrogen and oxygen atoms in total. The Kier molecular flexibility index (Phi) is 5.50. The van der Waals surface area contributed by atoms with Crippen molar-refractivity contribution in [3.8, 4) is 5.75 Å². The van der Waals surface area contributed by atoms with E-state index in [4.69, 9.17) is 9.47 Å². The number of para-hydroxylation sites is 2. The summed E-state index contributed by atoms with van der Waals surface area (Å²) in [4.78, 5) is 19.0. The fraction of sp³-hybridized carbons (Fsp3) is 0.368. The van der Waals surface area contributed by atoms with Gasteiger partial charge in [-0.05, 0) is 38.1 Å². The van der Waals surface area contributed by atoms with Crippen LogP contribution >= 0.6 is 0 Å². The number of carbonyl (C=O) groups is 1. The SMILES string of the molecule is CC(C)Oc1ccccc1NC(=O)c1cc(N2CCOCC2)ccn1. The summed E-state index contributed by atoms with van der Waals surface area (Å²) in [6.07, 6.45) is 1.69. The van der Waals surface area contributed by atoms with Gasteiger partial charge in [0.2, 0.25) is 0 Å². The molecule has 0 unspecified atom stereocenters. The van der Waals surface area contributed by atoms with Gasteiger partial charge >= 0.3 is 0 Å². The van der Waals surface area contributed by atoms with Crippen molar-refractivity contribution in [2.45, 2.75) is 20.0 Å². The summed E-state index contributed by atoms with van der Waals surface area (Å²) in [6.45, 7) is 6.93. The summed E-state index contributed by atoms with van der Waals surface area (Å²) >= 11 is 0. The number of hydrogen-bond donors (Lipinski definition) is 1. The molecular weight excluding hydrogens is 318 g/mol. The number of nitrogens with zero attached hydrogens (tertiary/aromatic N) is 2. The number of aromatic nitrogens is 1. The van der Waals surface area contributed by atoms with E-state index < -0.39 is 0 Å². The number of hydrogen-bond acceptors (Lipinski definition) is 5. The van der Waals surface area contributed by atoms with Gasteiger partial charge in [-0.3, -0.25) is 9.78 Å². The first-order chi connectivity index (χ1) is 12.1. The number of ether oxygens (including phenoxy) is 2. The lowest BCUT2D eigenvalue weighted by Gasteiger charge is -2.28. The van der Waals surface area contributed by atoms with Crippen LogP contribution in [0.2, 0.25) is 0 Å². The van der Waals surface area contributed by atoms with Crippen LogP contribution in [-0.2, 0) is 4.74 Å². The lowest BCUT2D eigenvalue weighted by molar-refractivity contribution is 0.102. The molecule has 1 amide bonds. The van der Waals surface area contributed by atoms with Crippen molar-refractivity contribution in [2.75, 3.05) is 36.5 Å². The van der Waals surface area contributed by atoms with Crippen LogP contribution in [0.15, 0.2) is 42.6 Å². The molecule has 1 aliphatic heterocycles. The molecule has 1 saturated heterocycles. The number of carbonyl (C=O) groups excluding carboxylic acids is 1. The fourth-order valence-corrected chi connectivity index (χ4v) is 2.67. The average molecular weight is 341 g/mol. The minimum atomic E-state index is -0.255. The lowest BCUT2D eigenvalue weighted by Crippen LogP contribution is -2.36. The first-order valence-corrected chi connectivity index (χ1v) is 8.49. The standard InChI is InChI=1S/C19H23N3O3/c1-14(2)25-18-6-4-3-5-16(18)21-19(23)17-13-15(7-8-20-17)22-9-11-24-12-10-22/h3-8,13-14H,9-12H2,1-2H3,(H,21,23). The molecule has 25 heavy (non-hydrogen) atoms. The minimum absolute atomic E-state index is 0.0285. The second kappa shape index (κ2) is 7.98. The van der Waals surface area contributed by atoms with Gasteiger partial charge in [0.05, 0.1) is 25.0 Å². The van der Waals surface area contributed by atoms with E-state index in [0.29, 0.717) is 30.3 Å². The minimum Gasteiger partial charge on any atom is -0.489 e. The third-order valence-electron chi connectivity index (χ3n) is 3.85. The molecule has 6 heteroatoms. The molecule has 1 N–H and O–H groups in total. The summed E-state index contributed by atoms with van der Waals surface area (Å²) < 4.78 is 11.1. The van der Waals surface area contributed by atoms with Crippen molar-refractivity contribution in [2.24, 2.45) is 0 Å². The molecule has 1 fully saturated rings. The molecule has 0 spiro atoms. The van der Waals surface area contributed by atoms with Crippen LogP contribution in [0.4, 0.5) is 11.4 Å². The van der Waals surface area contributed by atoms with E-state index >= 15 is 0 Å². The predicted octanol–water partition coefficient (Wildman–Crippen LogP) is 2.96. The molecule has 3 rings (SSSR count). The van der Waals surface area contributed by atoms with Gasteiger partial charge in [0.15, 0.2) is 0 Å². The van der Waals surface area contributed by atoms with E-state index in [0.717, 1.165) is 18.8 Å². The summed E-state index contributed by atoms with van der Waals surface area (Å²) in [5.74, 6) is 0.394. The maximum Gasteiger partial charge on any atom is 0.274 e. The first-order valence-electron chi connectivity index (χ1n) is 8.49. The third kappa shape index (κ3) is 4.48. The van der Waals surface area contributed by atoms with Crippen LogP contribution in [0.25, 0.3) is 0 Å². The van der Waals surface area contributed by atoms with Crippen molar-refractivity contribution >= 4 is 17.3 Å². The van der Waals surface area contributed by atoms with Gasteiger partial charge in [-0.2, -0.15) is 0 Å². The highest BCUT2D eigenvalue weighted by molar-refractivity contribution is 6.04. The number of morpholine rings is 1. The number of anilines is 2. The Hall–Kier alpha value is -2.60. The Morgan fingerprint density at radius 3 is 2.76 bits per heavy atom. The molecule has 132 valence electrons. The van der Waals surface area contributed by atoms with Gasteiger partial charge in [0.25, 0.3) is 5.91 Å². The number of benzene rings is 1. The van der Waals surface area contributed by atoms with Crippen molar-refractivity contribution in [1.29, 1.82) is 0 Å². The molecule has 0 saturated carbocycles. The second-order valence-corrected chi connectivity index (χ2v) is 6.12. The van der Waals surface area contributed by atoms with E-state index in [9.17, 15) is 4.79 Å². The lowest BCUT2D eigenvalue weighted by atomic mass is 10.2. The zero-order chi connectivity index (χ0) is 17.6. The van der Waals surface area contributed by atoms with Crippen LogP contribution < -0.4 is 15.0 Å². The Morgan fingerprint density at radius 1 is 1.24 bits per heavy atom. The van der Waals surface area contributed by atoms with Gasteiger partial charge in [-0.1, -0.05) is 12.1 Å². The van der Waals surface area contributed by atoms with Crippen molar-refractivity contribution in [3.05, 3.63) is 48.3 Å². The number of amides is 1. The summed E-state index contributed by atoms with van der Waals surface area (Å²) in [5, 5.41) is 2.89. The monoisotopic (exact) mass is 341 g/mol. The molecule has 0 bridgehead atoms. The molecule has 0 radical (unpaired) electrons. The normalized spacial score (nSPS) is 14.4. The van der Waals surface area contributed by atoms with Gasteiger partial charge in [0, 0.05) is 25.0 Å². The molecule has 1 aliphatic rings. The number of rotatable bonds is 5. The van der Waals surface area contributed by atoms with Gasteiger partial charge in [-0.25, -0.2) is 0 Å². The topological polar surface area (TPSA) is 63.7 Å². The zero-order valence-corrected chi connectivity index (χ0v) is 14.6. The molecular formula is C19H23N3O3. The summed E-state index contributed by atoms with van der Waals surface area (Å²) in [7, 11) is 0. The van der Waals surface area contributed by atoms with E-state index in [-0.39, 0.29) is 12.0 Å². The van der Waals surface area contributed by atoms with Gasteiger partial charge in [-0.15, -0.1) is 0 Å². The molecule has 2 aromatic rings. The summed E-state index contributed by atoms with van der Waals surface area (Å²) in [5.41, 5.74) is 2.00. The molecule has 2 heterocycles. The highest BCUT2D eigenvalue weighted by atomic mass is 16.5. The van der Waals surface area contributed by atoms with Gasteiger partial charge < -0.3 is 19.7 Å². The van der Waals surface area contributed by atoms with E-state index in [1.165, 1.54) is 0 Å². The molecule has 0 atom stereocenters. The Bertz CT molecular complexity index is 727. The molecule has 1 aromatic heterocycles. The quantitative estimate of drug-likeness (QED) is 0.906. The second-order valence-electron chi connectivity index (χ2n) is 6.12. The van der Waals surface area contributed by atoms with Crippen LogP contribution in [0.3, 0.4) is 0 Å². The van der Waals surface area contributed by atoms with Crippen molar-refractivity contribution in [1.82, 2.24) is 4.98 Å². The fourth-order valence-electron chi connectivity index (χ4n) is 2.67. The van der Waals surface area contributed by atoms with Crippen LogP contribution in [0.1, 0.15) is 24.3 Å². The third-order valence-corrected chi connectivity index (χ3v) is 3.85. The predicted molar refractivity (Wildman–Crippen MR) is 97.4 cm³/mol. The Balaban J connectivity index is 1.75. The Labute approximate surface area is 147 Å². The highest BCUT2D eigenvalue weighted by Crippen LogP contribution is 2.25. The average Bonchev–Trinajstić information content (AvgIpc) is 2.64. The smallest absolute Gasteiger partial charge is 0.274 e.